The first-order valence-electron chi connectivity index (χ1n) is 5.07. The largest absolute Gasteiger partial charge is 0.269 e. The van der Waals surface area contributed by atoms with Crippen LogP contribution in [0.3, 0.4) is 0 Å². The second-order valence-corrected chi connectivity index (χ2v) is 5.24. The molecular formula is C12H13ClN2O. The average molecular weight is 237 g/mol. The van der Waals surface area contributed by atoms with E-state index in [1.54, 1.807) is 24.4 Å². The molecule has 0 amide bonds. The third kappa shape index (κ3) is 1.95. The van der Waals surface area contributed by atoms with Gasteiger partial charge in [-0.3, -0.25) is 9.20 Å². The van der Waals surface area contributed by atoms with Crippen LogP contribution in [0, 0.1) is 0 Å². The smallest absolute Gasteiger partial charge is 0.258 e. The number of nitrogens with zero attached hydrogens (tertiary/aromatic N) is 2. The third-order valence-electron chi connectivity index (χ3n) is 2.40. The summed E-state index contributed by atoms with van der Waals surface area (Å²) < 4.78 is 1.49. The summed E-state index contributed by atoms with van der Waals surface area (Å²) in [7, 11) is 0. The second-order valence-electron chi connectivity index (χ2n) is 4.80. The summed E-state index contributed by atoms with van der Waals surface area (Å²) in [5.41, 5.74) is 1.15. The molecule has 3 nitrogen and oxygen atoms in total. The second kappa shape index (κ2) is 3.59. The number of fused-ring (bicyclic) bond motifs is 1. The zero-order valence-electron chi connectivity index (χ0n) is 9.49. The monoisotopic (exact) mass is 236 g/mol. The molecular weight excluding hydrogens is 224 g/mol. The van der Waals surface area contributed by atoms with Crippen molar-refractivity contribution < 1.29 is 0 Å². The molecule has 0 aromatic carbocycles. The maximum atomic E-state index is 11.8. The van der Waals surface area contributed by atoms with E-state index in [4.69, 9.17) is 11.6 Å². The predicted molar refractivity (Wildman–Crippen MR) is 65.2 cm³/mol. The lowest BCUT2D eigenvalue weighted by Gasteiger charge is -2.17. The first-order chi connectivity index (χ1) is 7.38. The van der Waals surface area contributed by atoms with Crippen LogP contribution in [0.2, 0.25) is 5.02 Å². The fraction of sp³-hybridized carbons (Fsp3) is 0.333. The van der Waals surface area contributed by atoms with Gasteiger partial charge in [-0.25, -0.2) is 4.98 Å². The SMILES string of the molecule is CC(C)(C)c1cc(=O)n2ccc(Cl)cc2n1. The summed E-state index contributed by atoms with van der Waals surface area (Å²) in [4.78, 5) is 16.3. The predicted octanol–water partition coefficient (Wildman–Crippen LogP) is 2.65. The number of hydrogen-bond donors (Lipinski definition) is 0. The molecule has 0 bridgehead atoms. The molecule has 0 aliphatic rings. The van der Waals surface area contributed by atoms with E-state index in [0.29, 0.717) is 10.7 Å². The van der Waals surface area contributed by atoms with Crippen molar-refractivity contribution in [2.24, 2.45) is 0 Å². The molecule has 0 aliphatic heterocycles. The molecule has 0 spiro atoms. The van der Waals surface area contributed by atoms with Crippen molar-refractivity contribution in [3.63, 3.8) is 0 Å². The summed E-state index contributed by atoms with van der Waals surface area (Å²) in [6.45, 7) is 6.07. The Balaban J connectivity index is 2.80. The lowest BCUT2D eigenvalue weighted by molar-refractivity contribution is 0.567. The van der Waals surface area contributed by atoms with Gasteiger partial charge in [0.1, 0.15) is 5.65 Å². The van der Waals surface area contributed by atoms with Crippen LogP contribution >= 0.6 is 11.6 Å². The van der Waals surface area contributed by atoms with Crippen molar-refractivity contribution in [3.8, 4) is 0 Å². The van der Waals surface area contributed by atoms with Crippen LogP contribution in [0.25, 0.3) is 5.65 Å². The van der Waals surface area contributed by atoms with Crippen molar-refractivity contribution in [1.82, 2.24) is 9.38 Å². The molecule has 0 radical (unpaired) electrons. The lowest BCUT2D eigenvalue weighted by Crippen LogP contribution is -2.21. The Morgan fingerprint density at radius 3 is 2.62 bits per heavy atom. The Bertz CT molecular complexity index is 596. The highest BCUT2D eigenvalue weighted by Gasteiger charge is 2.17. The zero-order valence-corrected chi connectivity index (χ0v) is 10.2. The van der Waals surface area contributed by atoms with E-state index in [1.807, 2.05) is 20.8 Å². The van der Waals surface area contributed by atoms with Gasteiger partial charge in [0, 0.05) is 28.8 Å². The summed E-state index contributed by atoms with van der Waals surface area (Å²) in [5, 5.41) is 0.581. The maximum Gasteiger partial charge on any atom is 0.258 e. The van der Waals surface area contributed by atoms with Crippen LogP contribution in [0.15, 0.2) is 29.2 Å². The highest BCUT2D eigenvalue weighted by atomic mass is 35.5. The standard InChI is InChI=1S/C12H13ClN2O/c1-12(2,3)9-7-11(16)15-5-4-8(13)6-10(15)14-9/h4-7H,1-3H3. The van der Waals surface area contributed by atoms with Gasteiger partial charge in [-0.1, -0.05) is 32.4 Å². The van der Waals surface area contributed by atoms with Crippen LogP contribution in [-0.2, 0) is 5.41 Å². The van der Waals surface area contributed by atoms with Gasteiger partial charge >= 0.3 is 0 Å². The van der Waals surface area contributed by atoms with Crippen LogP contribution in [0.1, 0.15) is 26.5 Å². The molecule has 2 rings (SSSR count). The Hall–Kier alpha value is -1.35. The van der Waals surface area contributed by atoms with E-state index in [0.717, 1.165) is 5.69 Å². The van der Waals surface area contributed by atoms with Gasteiger partial charge in [0.2, 0.25) is 0 Å². The van der Waals surface area contributed by atoms with Gasteiger partial charge in [0.05, 0.1) is 5.69 Å². The average Bonchev–Trinajstić information content (AvgIpc) is 2.15. The van der Waals surface area contributed by atoms with Crippen LogP contribution in [-0.4, -0.2) is 9.38 Å². The van der Waals surface area contributed by atoms with Crippen LogP contribution < -0.4 is 5.56 Å². The number of rotatable bonds is 0. The quantitative estimate of drug-likeness (QED) is 0.705. The lowest BCUT2D eigenvalue weighted by atomic mass is 9.92. The van der Waals surface area contributed by atoms with Crippen molar-refractivity contribution in [2.45, 2.75) is 26.2 Å². The molecule has 0 saturated heterocycles. The maximum absolute atomic E-state index is 11.8. The Morgan fingerprint density at radius 2 is 2.00 bits per heavy atom. The molecule has 4 heteroatoms. The molecule has 16 heavy (non-hydrogen) atoms. The highest BCUT2D eigenvalue weighted by molar-refractivity contribution is 6.30. The van der Waals surface area contributed by atoms with Gasteiger partial charge in [-0.05, 0) is 6.07 Å². The van der Waals surface area contributed by atoms with Crippen molar-refractivity contribution in [3.05, 3.63) is 45.5 Å². The molecule has 84 valence electrons. The Labute approximate surface area is 98.7 Å². The fourth-order valence-corrected chi connectivity index (χ4v) is 1.62. The number of pyridine rings is 1. The van der Waals surface area contributed by atoms with Crippen LogP contribution in [0.4, 0.5) is 0 Å². The van der Waals surface area contributed by atoms with E-state index < -0.39 is 0 Å². The van der Waals surface area contributed by atoms with Crippen molar-refractivity contribution >= 4 is 17.2 Å². The molecule has 2 aromatic rings. The zero-order chi connectivity index (χ0) is 11.9. The first-order valence-corrected chi connectivity index (χ1v) is 5.45. The summed E-state index contributed by atoms with van der Waals surface area (Å²) in [5.74, 6) is 0. The van der Waals surface area contributed by atoms with Crippen molar-refractivity contribution in [1.29, 1.82) is 0 Å². The first kappa shape index (κ1) is 11.1. The number of halogens is 1. The molecule has 0 saturated carbocycles. The van der Waals surface area contributed by atoms with Crippen LogP contribution in [0.5, 0.6) is 0 Å². The van der Waals surface area contributed by atoms with E-state index in [-0.39, 0.29) is 11.0 Å². The normalized spacial score (nSPS) is 12.0. The van der Waals surface area contributed by atoms with Gasteiger partial charge in [0.25, 0.3) is 5.56 Å². The van der Waals surface area contributed by atoms with Gasteiger partial charge in [0.15, 0.2) is 0 Å². The van der Waals surface area contributed by atoms with E-state index in [2.05, 4.69) is 4.98 Å². The van der Waals surface area contributed by atoms with Gasteiger partial charge in [-0.15, -0.1) is 0 Å². The van der Waals surface area contributed by atoms with Gasteiger partial charge in [-0.2, -0.15) is 0 Å². The topological polar surface area (TPSA) is 34.4 Å². The Morgan fingerprint density at radius 1 is 1.31 bits per heavy atom. The minimum absolute atomic E-state index is 0.0772. The van der Waals surface area contributed by atoms with Crippen molar-refractivity contribution in [2.75, 3.05) is 0 Å². The molecule has 0 fully saturated rings. The summed E-state index contributed by atoms with van der Waals surface area (Å²) >= 11 is 5.88. The molecule has 0 atom stereocenters. The minimum Gasteiger partial charge on any atom is -0.269 e. The Kier molecular flexibility index (Phi) is 2.50. The van der Waals surface area contributed by atoms with Gasteiger partial charge < -0.3 is 0 Å². The molecule has 0 unspecified atom stereocenters. The third-order valence-corrected chi connectivity index (χ3v) is 2.63. The molecule has 0 aliphatic carbocycles. The number of hydrogen-bond acceptors (Lipinski definition) is 2. The highest BCUT2D eigenvalue weighted by Crippen LogP contribution is 2.19. The summed E-state index contributed by atoms with van der Waals surface area (Å²) in [6.07, 6.45) is 1.64. The molecule has 2 heterocycles. The van der Waals surface area contributed by atoms with E-state index >= 15 is 0 Å². The summed E-state index contributed by atoms with van der Waals surface area (Å²) in [6, 6.07) is 4.94. The van der Waals surface area contributed by atoms with E-state index in [1.165, 1.54) is 4.40 Å². The fourth-order valence-electron chi connectivity index (χ4n) is 1.46. The molecule has 0 N–H and O–H groups in total. The molecule has 2 aromatic heterocycles. The number of aromatic nitrogens is 2. The van der Waals surface area contributed by atoms with E-state index in [9.17, 15) is 4.79 Å². The minimum atomic E-state index is -0.143.